The van der Waals surface area contributed by atoms with E-state index in [1.54, 1.807) is 32.4 Å². The van der Waals surface area contributed by atoms with Crippen LogP contribution < -0.4 is 15.2 Å². The van der Waals surface area contributed by atoms with Gasteiger partial charge in [0.15, 0.2) is 0 Å². The maximum atomic E-state index is 5.48. The zero-order valence-electron chi connectivity index (χ0n) is 9.53. The number of hydrogen-bond donors (Lipinski definition) is 1. The van der Waals surface area contributed by atoms with Gasteiger partial charge in [0.25, 0.3) is 0 Å². The summed E-state index contributed by atoms with van der Waals surface area (Å²) in [7, 11) is 3.16. The molecule has 0 bridgehead atoms. The van der Waals surface area contributed by atoms with Crippen molar-refractivity contribution in [3.05, 3.63) is 23.8 Å². The summed E-state index contributed by atoms with van der Waals surface area (Å²) in [4.78, 5) is 0.331. The third kappa shape index (κ3) is 4.16. The van der Waals surface area contributed by atoms with Crippen LogP contribution in [0, 0.1) is 0 Å². The topological polar surface area (TPSA) is 44.5 Å². The Morgan fingerprint density at radius 1 is 1.07 bits per heavy atom. The second-order valence-electron chi connectivity index (χ2n) is 2.47. The second kappa shape index (κ2) is 7.06. The molecule has 0 saturated heterocycles. The first kappa shape index (κ1) is 13.7. The Morgan fingerprint density at radius 2 is 1.47 bits per heavy atom. The molecule has 0 aliphatic rings. The molecule has 4 heteroatoms. The minimum Gasteiger partial charge on any atom is -0.497 e. The summed E-state index contributed by atoms with van der Waals surface area (Å²) < 4.78 is 10.1. The van der Waals surface area contributed by atoms with Gasteiger partial charge in [-0.15, -0.1) is 0 Å². The highest BCUT2D eigenvalue weighted by Gasteiger charge is 2.02. The smallest absolute Gasteiger partial charge is 0.123 e. The van der Waals surface area contributed by atoms with Crippen LogP contribution in [0.5, 0.6) is 11.5 Å². The van der Waals surface area contributed by atoms with Gasteiger partial charge in [0, 0.05) is 11.6 Å². The van der Waals surface area contributed by atoms with Gasteiger partial charge in [0.05, 0.1) is 14.2 Å². The zero-order chi connectivity index (χ0) is 11.8. The molecule has 84 valence electrons. The van der Waals surface area contributed by atoms with Crippen LogP contribution >= 0.6 is 12.2 Å². The van der Waals surface area contributed by atoms with Crippen LogP contribution in [-0.2, 0) is 0 Å². The lowest BCUT2D eigenvalue weighted by molar-refractivity contribution is 0.394. The third-order valence-corrected chi connectivity index (χ3v) is 1.87. The molecular formula is C11H17NO2S. The van der Waals surface area contributed by atoms with Gasteiger partial charge in [-0.05, 0) is 12.1 Å². The van der Waals surface area contributed by atoms with Gasteiger partial charge in [0.2, 0.25) is 0 Å². The van der Waals surface area contributed by atoms with E-state index in [9.17, 15) is 0 Å². The lowest BCUT2D eigenvalue weighted by atomic mass is 10.2. The molecule has 0 aliphatic carbocycles. The lowest BCUT2D eigenvalue weighted by Crippen LogP contribution is -2.09. The molecule has 0 aromatic heterocycles. The van der Waals surface area contributed by atoms with Crippen LogP contribution in [0.15, 0.2) is 18.2 Å². The summed E-state index contributed by atoms with van der Waals surface area (Å²) >= 11 is 4.84. The Hall–Kier alpha value is -1.29. The summed E-state index contributed by atoms with van der Waals surface area (Å²) in [5.41, 5.74) is 6.22. The van der Waals surface area contributed by atoms with Crippen molar-refractivity contribution in [1.82, 2.24) is 0 Å². The molecule has 0 radical (unpaired) electrons. The second-order valence-corrected chi connectivity index (χ2v) is 2.91. The van der Waals surface area contributed by atoms with E-state index in [0.29, 0.717) is 16.5 Å². The Kier molecular flexibility index (Phi) is 6.45. The fourth-order valence-electron chi connectivity index (χ4n) is 0.950. The van der Waals surface area contributed by atoms with Crippen molar-refractivity contribution in [2.45, 2.75) is 13.8 Å². The quantitative estimate of drug-likeness (QED) is 0.805. The minimum atomic E-state index is 0.331. The van der Waals surface area contributed by atoms with Crippen molar-refractivity contribution in [2.24, 2.45) is 5.73 Å². The standard InChI is InChI=1S/C9H11NO2S.C2H6/c1-11-7-3-6(9(10)13)4-8(5-7)12-2;1-2/h3-5H,1-2H3,(H2,10,13);1-2H3. The normalized spacial score (nSPS) is 8.53. The Balaban J connectivity index is 0.000000921. The summed E-state index contributed by atoms with van der Waals surface area (Å²) in [5.74, 6) is 1.37. The predicted octanol–water partition coefficient (Wildman–Crippen LogP) is 2.36. The Bertz CT molecular complexity index is 304. The molecule has 0 unspecified atom stereocenters. The first-order valence-electron chi connectivity index (χ1n) is 4.70. The fourth-order valence-corrected chi connectivity index (χ4v) is 1.07. The van der Waals surface area contributed by atoms with Gasteiger partial charge in [-0.25, -0.2) is 0 Å². The van der Waals surface area contributed by atoms with E-state index in [1.807, 2.05) is 13.8 Å². The molecule has 0 heterocycles. The summed E-state index contributed by atoms with van der Waals surface area (Å²) in [5, 5.41) is 0. The number of methoxy groups -OCH3 is 2. The average Bonchev–Trinajstić information content (AvgIpc) is 2.30. The molecule has 1 aromatic carbocycles. The Labute approximate surface area is 96.2 Å². The molecule has 0 fully saturated rings. The van der Waals surface area contributed by atoms with Gasteiger partial charge < -0.3 is 15.2 Å². The number of thiocarbonyl (C=S) groups is 1. The number of rotatable bonds is 3. The van der Waals surface area contributed by atoms with Gasteiger partial charge in [-0.3, -0.25) is 0 Å². The van der Waals surface area contributed by atoms with Crippen molar-refractivity contribution in [3.63, 3.8) is 0 Å². The molecule has 0 atom stereocenters. The number of ether oxygens (including phenoxy) is 2. The SMILES string of the molecule is CC.COc1cc(OC)cc(C(N)=S)c1. The minimum absolute atomic E-state index is 0.331. The van der Waals surface area contributed by atoms with Crippen molar-refractivity contribution >= 4 is 17.2 Å². The molecular weight excluding hydrogens is 210 g/mol. The highest BCUT2D eigenvalue weighted by molar-refractivity contribution is 7.80. The van der Waals surface area contributed by atoms with E-state index in [1.165, 1.54) is 0 Å². The van der Waals surface area contributed by atoms with Crippen LogP contribution in [0.2, 0.25) is 0 Å². The predicted molar refractivity (Wildman–Crippen MR) is 66.8 cm³/mol. The van der Waals surface area contributed by atoms with Crippen LogP contribution in [0.4, 0.5) is 0 Å². The van der Waals surface area contributed by atoms with Crippen LogP contribution in [-0.4, -0.2) is 19.2 Å². The largest absolute Gasteiger partial charge is 0.497 e. The fraction of sp³-hybridized carbons (Fsp3) is 0.364. The van der Waals surface area contributed by atoms with E-state index in [2.05, 4.69) is 0 Å². The molecule has 1 rings (SSSR count). The molecule has 15 heavy (non-hydrogen) atoms. The monoisotopic (exact) mass is 227 g/mol. The van der Waals surface area contributed by atoms with Gasteiger partial charge in [0.1, 0.15) is 16.5 Å². The number of benzene rings is 1. The molecule has 0 saturated carbocycles. The summed E-state index contributed by atoms with van der Waals surface area (Å²) in [6.45, 7) is 4.00. The van der Waals surface area contributed by atoms with E-state index in [-0.39, 0.29) is 0 Å². The third-order valence-electron chi connectivity index (χ3n) is 1.64. The zero-order valence-corrected chi connectivity index (χ0v) is 10.4. The molecule has 2 N–H and O–H groups in total. The van der Waals surface area contributed by atoms with E-state index < -0.39 is 0 Å². The molecule has 0 amide bonds. The van der Waals surface area contributed by atoms with Crippen molar-refractivity contribution in [3.8, 4) is 11.5 Å². The first-order chi connectivity index (χ1) is 7.17. The van der Waals surface area contributed by atoms with E-state index >= 15 is 0 Å². The number of nitrogens with two attached hydrogens (primary N) is 1. The van der Waals surface area contributed by atoms with E-state index in [4.69, 9.17) is 27.4 Å². The molecule has 0 spiro atoms. The maximum absolute atomic E-state index is 5.48. The van der Waals surface area contributed by atoms with E-state index in [0.717, 1.165) is 5.56 Å². The maximum Gasteiger partial charge on any atom is 0.123 e. The molecule has 0 aliphatic heterocycles. The highest BCUT2D eigenvalue weighted by Crippen LogP contribution is 2.22. The summed E-state index contributed by atoms with van der Waals surface area (Å²) in [6.07, 6.45) is 0. The van der Waals surface area contributed by atoms with Crippen LogP contribution in [0.25, 0.3) is 0 Å². The van der Waals surface area contributed by atoms with Crippen LogP contribution in [0.3, 0.4) is 0 Å². The number of hydrogen-bond acceptors (Lipinski definition) is 3. The first-order valence-corrected chi connectivity index (χ1v) is 5.11. The van der Waals surface area contributed by atoms with Crippen molar-refractivity contribution in [1.29, 1.82) is 0 Å². The van der Waals surface area contributed by atoms with Gasteiger partial charge >= 0.3 is 0 Å². The van der Waals surface area contributed by atoms with Gasteiger partial charge in [-0.1, -0.05) is 26.1 Å². The average molecular weight is 227 g/mol. The van der Waals surface area contributed by atoms with Crippen molar-refractivity contribution in [2.75, 3.05) is 14.2 Å². The lowest BCUT2D eigenvalue weighted by Gasteiger charge is -2.06. The summed E-state index contributed by atoms with van der Waals surface area (Å²) in [6, 6.07) is 5.30. The Morgan fingerprint density at radius 3 is 1.73 bits per heavy atom. The highest BCUT2D eigenvalue weighted by atomic mass is 32.1. The van der Waals surface area contributed by atoms with Crippen molar-refractivity contribution < 1.29 is 9.47 Å². The van der Waals surface area contributed by atoms with Gasteiger partial charge in [-0.2, -0.15) is 0 Å². The molecule has 1 aromatic rings. The molecule has 3 nitrogen and oxygen atoms in total. The van der Waals surface area contributed by atoms with Crippen LogP contribution in [0.1, 0.15) is 19.4 Å².